The largest absolute Gasteiger partial charge is 0.737 e. The number of aromatic nitrogens is 1. The molecule has 8 nitrogen and oxygen atoms in total. The van der Waals surface area contributed by atoms with Crippen molar-refractivity contribution in [1.82, 2.24) is 26.0 Å². The molecule has 0 saturated carbocycles. The molecule has 0 spiro atoms. The highest BCUT2D eigenvalue weighted by molar-refractivity contribution is 7.80. The quantitative estimate of drug-likeness (QED) is 0.200. The maximum atomic E-state index is 15.6. The number of hydrogen-bond acceptors (Lipinski definition) is 4. The zero-order chi connectivity index (χ0) is 26.1. The second kappa shape index (κ2) is 10.4. The predicted molar refractivity (Wildman–Crippen MR) is 148 cm³/mol. The molecule has 0 atom stereocenters. The Morgan fingerprint density at radius 2 is 1.66 bits per heavy atom. The first-order valence-electron chi connectivity index (χ1n) is 11.3. The van der Waals surface area contributed by atoms with Crippen molar-refractivity contribution >= 4 is 64.3 Å². The predicted octanol–water partition coefficient (Wildman–Crippen LogP) is 3.19. The molecule has 0 aromatic carbocycles. The third-order valence-corrected chi connectivity index (χ3v) is 6.63. The lowest BCUT2D eigenvalue weighted by molar-refractivity contribution is -0.363. The number of nitrogens with one attached hydrogen (secondary N) is 4. The summed E-state index contributed by atoms with van der Waals surface area (Å²) in [4.78, 5) is 0. The van der Waals surface area contributed by atoms with E-state index >= 15 is 8.63 Å². The molecule has 0 bridgehead atoms. The van der Waals surface area contributed by atoms with Gasteiger partial charge in [0.2, 0.25) is 0 Å². The van der Waals surface area contributed by atoms with Crippen molar-refractivity contribution in [1.29, 1.82) is 0 Å². The highest BCUT2D eigenvalue weighted by Crippen LogP contribution is 2.42. The van der Waals surface area contributed by atoms with Crippen molar-refractivity contribution in [3.63, 3.8) is 0 Å². The fourth-order valence-corrected chi connectivity index (χ4v) is 4.69. The second-order valence-corrected chi connectivity index (χ2v) is 9.46. The Morgan fingerprint density at radius 1 is 1.06 bits per heavy atom. The van der Waals surface area contributed by atoms with E-state index in [2.05, 4.69) is 31.7 Å². The molecule has 0 unspecified atom stereocenters. The number of hydrazone groups is 2. The van der Waals surface area contributed by atoms with Crippen molar-refractivity contribution in [2.24, 2.45) is 10.2 Å². The van der Waals surface area contributed by atoms with E-state index in [0.717, 1.165) is 16.7 Å². The molecule has 1 aromatic rings. The summed E-state index contributed by atoms with van der Waals surface area (Å²) in [6.45, 7) is 7.28. The van der Waals surface area contributed by atoms with Crippen LogP contribution in [0.5, 0.6) is 0 Å². The Hall–Kier alpha value is -2.93. The number of fused-ring (bicyclic) bond motifs is 2. The van der Waals surface area contributed by atoms with Gasteiger partial charge in [-0.25, -0.2) is 0 Å². The van der Waals surface area contributed by atoms with Gasteiger partial charge < -0.3 is 28.2 Å². The Bertz CT molecular complexity index is 1240. The minimum Gasteiger partial charge on any atom is -0.394 e. The first-order valence-corrected chi connectivity index (χ1v) is 12.1. The number of halogens is 2. The molecule has 0 amide bonds. The smallest absolute Gasteiger partial charge is 0.394 e. The highest BCUT2D eigenvalue weighted by Gasteiger charge is 2.54. The van der Waals surface area contributed by atoms with Gasteiger partial charge in [-0.05, 0) is 82.8 Å². The van der Waals surface area contributed by atoms with Gasteiger partial charge in [-0.3, -0.25) is 10.9 Å². The normalized spacial score (nSPS) is 17.1. The maximum absolute atomic E-state index is 15.6. The summed E-state index contributed by atoms with van der Waals surface area (Å²) in [5.41, 5.74) is 11.6. The molecule has 3 rings (SSSR count). The summed E-state index contributed by atoms with van der Waals surface area (Å²) in [7, 11) is 1.70. The molecule has 0 fully saturated rings. The van der Waals surface area contributed by atoms with Crippen LogP contribution < -0.4 is 21.5 Å². The Kier molecular flexibility index (Phi) is 7.90. The van der Waals surface area contributed by atoms with Gasteiger partial charge in [-0.1, -0.05) is 0 Å². The molecule has 3 heterocycles. The van der Waals surface area contributed by atoms with E-state index in [0.29, 0.717) is 57.4 Å². The fourth-order valence-electron chi connectivity index (χ4n) is 4.49. The molecule has 13 heteroatoms. The molecule has 188 valence electrons. The summed E-state index contributed by atoms with van der Waals surface area (Å²) in [6, 6.07) is 1.82. The fraction of sp³-hybridized carbons (Fsp3) is 0.409. The molecule has 1 aromatic heterocycles. The van der Waals surface area contributed by atoms with Crippen molar-refractivity contribution < 1.29 is 13.1 Å². The Balaban J connectivity index is 1.75. The van der Waals surface area contributed by atoms with E-state index in [4.69, 9.17) is 24.4 Å². The molecular weight excluding hydrogens is 489 g/mol. The van der Waals surface area contributed by atoms with E-state index < -0.39 is 6.97 Å². The molecule has 4 N–H and O–H groups in total. The average Bonchev–Trinajstić information content (AvgIpc) is 3.27. The van der Waals surface area contributed by atoms with Gasteiger partial charge in [0.25, 0.3) is 0 Å². The van der Waals surface area contributed by atoms with Gasteiger partial charge in [-0.15, -0.1) is 0 Å². The SMILES string of the molecule is CNC(=S)N/N=C(C)/C(C)=N\NC(=S)NCCC1=C2C(C)=CC(C)=[N+]2[B-](F)(F)n2c(C)cc(C)c21. The first kappa shape index (κ1) is 26.7. The van der Waals surface area contributed by atoms with Gasteiger partial charge in [-0.2, -0.15) is 10.2 Å². The van der Waals surface area contributed by atoms with Gasteiger partial charge in [0.1, 0.15) is 5.71 Å². The van der Waals surface area contributed by atoms with E-state index in [1.807, 2.05) is 26.0 Å². The van der Waals surface area contributed by atoms with Crippen LogP contribution >= 0.6 is 24.4 Å². The summed E-state index contributed by atoms with van der Waals surface area (Å²) in [5.74, 6) is 0. The lowest BCUT2D eigenvalue weighted by Gasteiger charge is -2.34. The van der Waals surface area contributed by atoms with E-state index in [1.54, 1.807) is 34.7 Å². The lowest BCUT2D eigenvalue weighted by Crippen LogP contribution is -2.51. The van der Waals surface area contributed by atoms with Crippen LogP contribution in [-0.2, 0) is 0 Å². The van der Waals surface area contributed by atoms with Crippen LogP contribution in [0.4, 0.5) is 8.63 Å². The number of thiocarbonyl (C=S) groups is 2. The summed E-state index contributed by atoms with van der Waals surface area (Å²) in [6.07, 6.45) is 2.33. The third-order valence-electron chi connectivity index (χ3n) is 6.09. The highest BCUT2D eigenvalue weighted by atomic mass is 32.1. The van der Waals surface area contributed by atoms with Crippen molar-refractivity contribution in [3.05, 3.63) is 40.4 Å². The summed E-state index contributed by atoms with van der Waals surface area (Å²) < 4.78 is 33.6. The first-order chi connectivity index (χ1) is 16.4. The molecule has 2 aliphatic rings. The zero-order valence-electron chi connectivity index (χ0n) is 21.0. The van der Waals surface area contributed by atoms with E-state index in [-0.39, 0.29) is 0 Å². The molecule has 0 aliphatic carbocycles. The Morgan fingerprint density at radius 3 is 2.26 bits per heavy atom. The van der Waals surface area contributed by atoms with Crippen LogP contribution in [0.3, 0.4) is 0 Å². The molecule has 2 aliphatic heterocycles. The minimum atomic E-state index is -3.96. The van der Waals surface area contributed by atoms with Crippen LogP contribution in [0, 0.1) is 13.8 Å². The van der Waals surface area contributed by atoms with Crippen LogP contribution in [0.15, 0.2) is 33.6 Å². The van der Waals surface area contributed by atoms with E-state index in [9.17, 15) is 0 Å². The second-order valence-electron chi connectivity index (χ2n) is 8.64. The molecule has 0 saturated heterocycles. The van der Waals surface area contributed by atoms with Gasteiger partial charge in [0.05, 0.1) is 11.4 Å². The molecular formula is C22H31BF2N8S2. The van der Waals surface area contributed by atoms with E-state index in [1.165, 1.54) is 8.96 Å². The Labute approximate surface area is 215 Å². The zero-order valence-corrected chi connectivity index (χ0v) is 22.6. The lowest BCUT2D eigenvalue weighted by atomic mass is 9.85. The van der Waals surface area contributed by atoms with Crippen LogP contribution in [-0.4, -0.2) is 56.9 Å². The van der Waals surface area contributed by atoms with Gasteiger partial charge >= 0.3 is 6.97 Å². The number of allylic oxidation sites excluding steroid dienone is 2. The maximum Gasteiger partial charge on any atom is 0.737 e. The molecule has 35 heavy (non-hydrogen) atoms. The number of nitrogens with zero attached hydrogens (tertiary/aromatic N) is 4. The standard InChI is InChI=1S/C22H31BF2N8S2/c1-12-10-14(3)32-19(12)18(20-13(2)11-15(4)33(20)23(32,24)25)8-9-27-22(35)31-29-17(6)16(5)28-30-21(34)26-7/h10-11H,8-9H2,1-7H3,(H2,26,30,34)(H2,27,31,35)/b28-16+,29-17-. The number of aryl methyl sites for hydroxylation is 2. The number of hydrogen-bond donors (Lipinski definition) is 4. The number of rotatable bonds is 6. The van der Waals surface area contributed by atoms with Crippen molar-refractivity contribution in [2.45, 2.75) is 48.0 Å². The monoisotopic (exact) mass is 520 g/mol. The van der Waals surface area contributed by atoms with Crippen molar-refractivity contribution in [2.75, 3.05) is 13.6 Å². The van der Waals surface area contributed by atoms with Crippen LogP contribution in [0.1, 0.15) is 51.1 Å². The average molecular weight is 520 g/mol. The van der Waals surface area contributed by atoms with Gasteiger partial charge in [0, 0.05) is 43.4 Å². The van der Waals surface area contributed by atoms with Crippen molar-refractivity contribution in [3.8, 4) is 0 Å². The minimum absolute atomic E-state index is 0.327. The summed E-state index contributed by atoms with van der Waals surface area (Å²) in [5, 5.41) is 15.0. The summed E-state index contributed by atoms with van der Waals surface area (Å²) >= 11 is 10.3. The third kappa shape index (κ3) is 5.20. The van der Waals surface area contributed by atoms with Gasteiger partial charge in [0.15, 0.2) is 15.9 Å². The van der Waals surface area contributed by atoms with Crippen LogP contribution in [0.25, 0.3) is 5.57 Å². The molecule has 0 radical (unpaired) electrons. The topological polar surface area (TPSA) is 80.8 Å². The van der Waals surface area contributed by atoms with Crippen LogP contribution in [0.2, 0.25) is 0 Å².